The van der Waals surface area contributed by atoms with E-state index < -0.39 is 17.6 Å². The summed E-state index contributed by atoms with van der Waals surface area (Å²) < 4.78 is 53.4. The lowest BCUT2D eigenvalue weighted by molar-refractivity contribution is -0.136. The van der Waals surface area contributed by atoms with Crippen molar-refractivity contribution in [2.24, 2.45) is 10.7 Å². The van der Waals surface area contributed by atoms with E-state index in [-0.39, 0.29) is 24.0 Å². The van der Waals surface area contributed by atoms with Crippen molar-refractivity contribution < 1.29 is 17.6 Å². The van der Waals surface area contributed by atoms with Gasteiger partial charge in [-0.25, -0.2) is 9.38 Å². The first-order valence-corrected chi connectivity index (χ1v) is 8.17. The second-order valence-corrected chi connectivity index (χ2v) is 6.29. The summed E-state index contributed by atoms with van der Waals surface area (Å²) in [4.78, 5) is 5.28. The van der Waals surface area contributed by atoms with Crippen LogP contribution in [0.3, 0.4) is 0 Å². The van der Waals surface area contributed by atoms with E-state index >= 15 is 0 Å². The van der Waals surface area contributed by atoms with Gasteiger partial charge in [-0.05, 0) is 52.9 Å². The maximum Gasteiger partial charge on any atom is 0.418 e. The van der Waals surface area contributed by atoms with Crippen molar-refractivity contribution in [3.63, 3.8) is 0 Å². The Morgan fingerprint density at radius 1 is 1.24 bits per heavy atom. The van der Waals surface area contributed by atoms with Crippen LogP contribution < -0.4 is 16.0 Å². The highest BCUT2D eigenvalue weighted by molar-refractivity contribution is 14.1. The predicted molar refractivity (Wildman–Crippen MR) is 99.1 cm³/mol. The molecule has 0 aliphatic rings. The molecule has 0 radical (unpaired) electrons. The van der Waals surface area contributed by atoms with Crippen LogP contribution in [0.5, 0.6) is 0 Å². The molecule has 25 heavy (non-hydrogen) atoms. The monoisotopic (exact) mass is 466 g/mol. The van der Waals surface area contributed by atoms with Crippen LogP contribution in [-0.2, 0) is 6.18 Å². The minimum Gasteiger partial charge on any atom is -0.369 e. The molecule has 2 aromatic carbocycles. The van der Waals surface area contributed by atoms with Crippen LogP contribution in [0.1, 0.15) is 5.56 Å². The maximum absolute atomic E-state index is 13.9. The summed E-state index contributed by atoms with van der Waals surface area (Å²) in [5.41, 5.74) is 5.12. The molecule has 0 spiro atoms. The van der Waals surface area contributed by atoms with Crippen molar-refractivity contribution in [3.8, 4) is 0 Å². The molecule has 4 nitrogen and oxygen atoms in total. The van der Waals surface area contributed by atoms with Gasteiger partial charge in [-0.1, -0.05) is 12.1 Å². The zero-order chi connectivity index (χ0) is 18.6. The summed E-state index contributed by atoms with van der Waals surface area (Å²) >= 11 is 1.98. The average Bonchev–Trinajstić information content (AvgIpc) is 2.53. The van der Waals surface area contributed by atoms with Gasteiger partial charge in [-0.15, -0.1) is 0 Å². The second kappa shape index (κ2) is 7.89. The van der Waals surface area contributed by atoms with Crippen molar-refractivity contribution >= 4 is 39.9 Å². The Bertz CT molecular complexity index is 777. The lowest BCUT2D eigenvalue weighted by atomic mass is 10.2. The van der Waals surface area contributed by atoms with Gasteiger partial charge in [0.15, 0.2) is 5.96 Å². The van der Waals surface area contributed by atoms with Gasteiger partial charge < -0.3 is 16.0 Å². The fraction of sp³-hybridized carbons (Fsp3) is 0.188. The van der Waals surface area contributed by atoms with Gasteiger partial charge in [0.2, 0.25) is 0 Å². The maximum atomic E-state index is 13.9. The first kappa shape index (κ1) is 19.3. The summed E-state index contributed by atoms with van der Waals surface area (Å²) in [5, 5.41) is 2.57. The van der Waals surface area contributed by atoms with Crippen molar-refractivity contribution in [2.75, 3.05) is 23.9 Å². The van der Waals surface area contributed by atoms with Crippen LogP contribution in [0, 0.1) is 9.39 Å². The van der Waals surface area contributed by atoms with Crippen LogP contribution in [0.15, 0.2) is 47.5 Å². The number of benzene rings is 2. The van der Waals surface area contributed by atoms with Crippen molar-refractivity contribution in [1.29, 1.82) is 0 Å². The molecule has 9 heteroatoms. The summed E-state index contributed by atoms with van der Waals surface area (Å²) in [6.07, 6.45) is -4.47. The van der Waals surface area contributed by atoms with E-state index in [1.54, 1.807) is 12.1 Å². The molecule has 0 fully saturated rings. The number of rotatable bonds is 4. The van der Waals surface area contributed by atoms with Gasteiger partial charge in [0, 0.05) is 16.3 Å². The smallest absolute Gasteiger partial charge is 0.369 e. The SMILES string of the molecule is CN(C(N)=NCNc1ccccc1C(F)(F)F)c1ccc(I)cc1F. The topological polar surface area (TPSA) is 53.6 Å². The third-order valence-electron chi connectivity index (χ3n) is 3.36. The Labute approximate surface area is 155 Å². The number of anilines is 2. The van der Waals surface area contributed by atoms with E-state index in [0.717, 1.165) is 9.64 Å². The minimum atomic E-state index is -4.47. The summed E-state index contributed by atoms with van der Waals surface area (Å²) in [5.74, 6) is -0.500. The number of para-hydroxylation sites is 1. The van der Waals surface area contributed by atoms with Gasteiger partial charge >= 0.3 is 6.18 Å². The fourth-order valence-corrected chi connectivity index (χ4v) is 2.53. The summed E-state index contributed by atoms with van der Waals surface area (Å²) in [6.45, 7) is -0.185. The quantitative estimate of drug-likeness (QED) is 0.307. The van der Waals surface area contributed by atoms with E-state index in [4.69, 9.17) is 5.73 Å². The molecule has 0 saturated heterocycles. The third kappa shape index (κ3) is 4.97. The zero-order valence-electron chi connectivity index (χ0n) is 13.1. The number of nitrogens with one attached hydrogen (secondary N) is 1. The van der Waals surface area contributed by atoms with Crippen LogP contribution in [0.4, 0.5) is 28.9 Å². The van der Waals surface area contributed by atoms with Gasteiger partial charge in [0.05, 0.1) is 11.3 Å². The molecule has 0 aliphatic heterocycles. The Balaban J connectivity index is 2.10. The molecule has 0 atom stereocenters. The molecule has 0 heterocycles. The number of aliphatic imine (C=N–C) groups is 1. The summed E-state index contributed by atoms with van der Waals surface area (Å²) in [6, 6.07) is 9.67. The number of halogens is 5. The van der Waals surface area contributed by atoms with E-state index in [1.165, 1.54) is 36.2 Å². The second-order valence-electron chi connectivity index (χ2n) is 5.05. The molecule has 134 valence electrons. The van der Waals surface area contributed by atoms with E-state index in [0.29, 0.717) is 0 Å². The standard InChI is InChI=1S/C16H15F4IN4/c1-25(14-7-6-10(21)8-12(14)17)15(22)24-9-23-13-5-3-2-4-11(13)16(18,19)20/h2-8,23H,9H2,1H3,(H2,22,24). The van der Waals surface area contributed by atoms with Gasteiger partial charge in [-0.2, -0.15) is 13.2 Å². The molecular formula is C16H15F4IN4. The normalized spacial score (nSPS) is 12.2. The average molecular weight is 466 g/mol. The van der Waals surface area contributed by atoms with Crippen molar-refractivity contribution in [2.45, 2.75) is 6.18 Å². The molecule has 2 rings (SSSR count). The van der Waals surface area contributed by atoms with E-state index in [1.807, 2.05) is 22.6 Å². The van der Waals surface area contributed by atoms with Gasteiger partial charge in [0.25, 0.3) is 0 Å². The Morgan fingerprint density at radius 3 is 2.56 bits per heavy atom. The molecule has 0 bridgehead atoms. The van der Waals surface area contributed by atoms with Crippen LogP contribution in [0.2, 0.25) is 0 Å². The highest BCUT2D eigenvalue weighted by Crippen LogP contribution is 2.34. The molecular weight excluding hydrogens is 451 g/mol. The third-order valence-corrected chi connectivity index (χ3v) is 4.03. The highest BCUT2D eigenvalue weighted by Gasteiger charge is 2.32. The van der Waals surface area contributed by atoms with Gasteiger partial charge in [0.1, 0.15) is 12.5 Å². The Hall–Kier alpha value is -2.04. The predicted octanol–water partition coefficient (Wildman–Crippen LogP) is 4.27. The van der Waals surface area contributed by atoms with Crippen LogP contribution in [-0.4, -0.2) is 19.7 Å². The number of hydrogen-bond acceptors (Lipinski definition) is 2. The number of guanidine groups is 1. The van der Waals surface area contributed by atoms with Crippen molar-refractivity contribution in [3.05, 3.63) is 57.4 Å². The number of nitrogens with zero attached hydrogens (tertiary/aromatic N) is 2. The zero-order valence-corrected chi connectivity index (χ0v) is 15.3. The largest absolute Gasteiger partial charge is 0.418 e. The van der Waals surface area contributed by atoms with E-state index in [2.05, 4.69) is 10.3 Å². The Morgan fingerprint density at radius 2 is 1.92 bits per heavy atom. The first-order chi connectivity index (χ1) is 11.7. The molecule has 2 aromatic rings. The van der Waals surface area contributed by atoms with Crippen molar-refractivity contribution in [1.82, 2.24) is 0 Å². The number of hydrogen-bond donors (Lipinski definition) is 2. The molecule has 0 unspecified atom stereocenters. The molecule has 0 aliphatic carbocycles. The van der Waals surface area contributed by atoms with Crippen LogP contribution in [0.25, 0.3) is 0 Å². The van der Waals surface area contributed by atoms with E-state index in [9.17, 15) is 17.6 Å². The van der Waals surface area contributed by atoms with Gasteiger partial charge in [-0.3, -0.25) is 0 Å². The van der Waals surface area contributed by atoms with Crippen LogP contribution >= 0.6 is 22.6 Å². The molecule has 0 amide bonds. The summed E-state index contributed by atoms with van der Waals surface area (Å²) in [7, 11) is 1.52. The lowest BCUT2D eigenvalue weighted by Gasteiger charge is -2.19. The first-order valence-electron chi connectivity index (χ1n) is 7.09. The fourth-order valence-electron chi connectivity index (χ4n) is 2.07. The highest BCUT2D eigenvalue weighted by atomic mass is 127. The minimum absolute atomic E-state index is 0.0305. The lowest BCUT2D eigenvalue weighted by Crippen LogP contribution is -2.35. The Kier molecular flexibility index (Phi) is 6.09. The molecule has 0 aromatic heterocycles. The molecule has 0 saturated carbocycles. The molecule has 3 N–H and O–H groups in total. The number of nitrogens with two attached hydrogens (primary N) is 1. The number of alkyl halides is 3.